The number of anilines is 1. The molecule has 2 atom stereocenters. The van der Waals surface area contributed by atoms with Crippen molar-refractivity contribution in [2.75, 3.05) is 5.73 Å². The topological polar surface area (TPSA) is 62.7 Å². The maximum absolute atomic E-state index is 9.19. The molecule has 1 aromatic rings. The molecule has 2 N–H and O–H groups in total. The fourth-order valence-electron chi connectivity index (χ4n) is 2.34. The van der Waals surface area contributed by atoms with E-state index in [0.717, 1.165) is 11.1 Å². The fourth-order valence-corrected chi connectivity index (χ4v) is 2.34. The van der Waals surface area contributed by atoms with Crippen molar-refractivity contribution in [1.82, 2.24) is 4.98 Å². The normalized spacial score (nSPS) is 13.9. The van der Waals surface area contributed by atoms with Gasteiger partial charge in [0.05, 0.1) is 11.9 Å². The molecule has 0 saturated heterocycles. The first-order valence-electron chi connectivity index (χ1n) is 6.67. The lowest BCUT2D eigenvalue weighted by molar-refractivity contribution is 0.434. The Hall–Kier alpha value is -1.56. The van der Waals surface area contributed by atoms with E-state index in [9.17, 15) is 5.26 Å². The maximum Gasteiger partial charge on any atom is 0.144 e. The number of nitriles is 1. The lowest BCUT2D eigenvalue weighted by atomic mass is 9.82. The molecule has 1 rings (SSSR count). The average Bonchev–Trinajstić information content (AvgIpc) is 2.38. The maximum atomic E-state index is 9.19. The fraction of sp³-hybridized carbons (Fsp3) is 0.600. The van der Waals surface area contributed by atoms with Gasteiger partial charge >= 0.3 is 0 Å². The lowest BCUT2D eigenvalue weighted by Gasteiger charge is -2.23. The lowest BCUT2D eigenvalue weighted by Crippen LogP contribution is -2.12. The van der Waals surface area contributed by atoms with Crippen molar-refractivity contribution in [3.63, 3.8) is 0 Å². The van der Waals surface area contributed by atoms with E-state index >= 15 is 0 Å². The largest absolute Gasteiger partial charge is 0.397 e. The summed E-state index contributed by atoms with van der Waals surface area (Å²) >= 11 is 0. The zero-order valence-electron chi connectivity index (χ0n) is 11.8. The molecule has 0 aliphatic rings. The summed E-state index contributed by atoms with van der Waals surface area (Å²) in [4.78, 5) is 4.16. The first-order chi connectivity index (χ1) is 8.52. The Balaban J connectivity index is 3.08. The molecule has 1 heterocycles. The zero-order chi connectivity index (χ0) is 13.7. The van der Waals surface area contributed by atoms with Gasteiger partial charge in [0.1, 0.15) is 11.8 Å². The van der Waals surface area contributed by atoms with E-state index in [1.54, 1.807) is 6.20 Å². The minimum Gasteiger partial charge on any atom is -0.397 e. The molecule has 3 nitrogen and oxygen atoms in total. The van der Waals surface area contributed by atoms with Crippen LogP contribution in [0.1, 0.15) is 62.8 Å². The molecule has 0 fully saturated rings. The summed E-state index contributed by atoms with van der Waals surface area (Å²) < 4.78 is 0. The SMILES string of the molecule is CCCC[C@H](C)C(C)c1c(C#N)ncc(N)c1C. The number of unbranched alkanes of at least 4 members (excludes halogenated alkanes) is 1. The molecule has 0 aromatic carbocycles. The summed E-state index contributed by atoms with van der Waals surface area (Å²) in [5.41, 5.74) is 9.16. The third kappa shape index (κ3) is 3.01. The number of nitrogens with two attached hydrogens (primary N) is 1. The van der Waals surface area contributed by atoms with Crippen molar-refractivity contribution in [2.45, 2.75) is 52.9 Å². The Morgan fingerprint density at radius 1 is 1.44 bits per heavy atom. The monoisotopic (exact) mass is 245 g/mol. The van der Waals surface area contributed by atoms with Gasteiger partial charge in [-0.3, -0.25) is 0 Å². The van der Waals surface area contributed by atoms with Crippen LogP contribution in [0, 0.1) is 24.2 Å². The van der Waals surface area contributed by atoms with Crippen molar-refractivity contribution in [1.29, 1.82) is 5.26 Å². The molecule has 1 aromatic heterocycles. The summed E-state index contributed by atoms with van der Waals surface area (Å²) in [6, 6.07) is 2.19. The van der Waals surface area contributed by atoms with Crippen LogP contribution in [0.4, 0.5) is 5.69 Å². The highest BCUT2D eigenvalue weighted by Gasteiger charge is 2.21. The number of hydrogen-bond acceptors (Lipinski definition) is 3. The van der Waals surface area contributed by atoms with E-state index in [1.807, 2.05) is 6.92 Å². The summed E-state index contributed by atoms with van der Waals surface area (Å²) in [6.07, 6.45) is 5.19. The zero-order valence-corrected chi connectivity index (χ0v) is 11.8. The molecular formula is C15H23N3. The summed E-state index contributed by atoms with van der Waals surface area (Å²) in [5.74, 6) is 0.863. The van der Waals surface area contributed by atoms with Crippen LogP contribution in [-0.4, -0.2) is 4.98 Å². The first kappa shape index (κ1) is 14.5. The summed E-state index contributed by atoms with van der Waals surface area (Å²) in [5, 5.41) is 9.19. The van der Waals surface area contributed by atoms with Crippen LogP contribution < -0.4 is 5.73 Å². The number of aromatic nitrogens is 1. The van der Waals surface area contributed by atoms with Gasteiger partial charge in [-0.1, -0.05) is 40.0 Å². The summed E-state index contributed by atoms with van der Waals surface area (Å²) in [7, 11) is 0. The van der Waals surface area contributed by atoms with E-state index < -0.39 is 0 Å². The average molecular weight is 245 g/mol. The van der Waals surface area contributed by atoms with Gasteiger partial charge in [-0.15, -0.1) is 0 Å². The van der Waals surface area contributed by atoms with Crippen molar-refractivity contribution >= 4 is 5.69 Å². The molecule has 0 saturated carbocycles. The molecule has 18 heavy (non-hydrogen) atoms. The van der Waals surface area contributed by atoms with Gasteiger partial charge < -0.3 is 5.73 Å². The van der Waals surface area contributed by atoms with Crippen LogP contribution in [0.3, 0.4) is 0 Å². The van der Waals surface area contributed by atoms with Crippen LogP contribution in [0.15, 0.2) is 6.20 Å². The quantitative estimate of drug-likeness (QED) is 0.858. The van der Waals surface area contributed by atoms with Crippen LogP contribution >= 0.6 is 0 Å². The van der Waals surface area contributed by atoms with Crippen molar-refractivity contribution in [3.8, 4) is 6.07 Å². The van der Waals surface area contributed by atoms with Gasteiger partial charge in [0.2, 0.25) is 0 Å². The number of rotatable bonds is 5. The van der Waals surface area contributed by atoms with Gasteiger partial charge in [0.15, 0.2) is 0 Å². The van der Waals surface area contributed by atoms with Crippen LogP contribution in [0.25, 0.3) is 0 Å². The van der Waals surface area contributed by atoms with E-state index in [1.165, 1.54) is 19.3 Å². The first-order valence-corrected chi connectivity index (χ1v) is 6.67. The van der Waals surface area contributed by atoms with E-state index in [-0.39, 0.29) is 0 Å². The van der Waals surface area contributed by atoms with E-state index in [2.05, 4.69) is 31.8 Å². The summed E-state index contributed by atoms with van der Waals surface area (Å²) in [6.45, 7) is 8.59. The van der Waals surface area contributed by atoms with Crippen molar-refractivity contribution < 1.29 is 0 Å². The van der Waals surface area contributed by atoms with Gasteiger partial charge in [0, 0.05) is 0 Å². The van der Waals surface area contributed by atoms with Gasteiger partial charge in [-0.05, 0) is 29.9 Å². The predicted molar refractivity (Wildman–Crippen MR) is 75.2 cm³/mol. The van der Waals surface area contributed by atoms with Gasteiger partial charge in [0.25, 0.3) is 0 Å². The minimum absolute atomic E-state index is 0.321. The highest BCUT2D eigenvalue weighted by atomic mass is 14.7. The number of nitrogens with zero attached hydrogens (tertiary/aromatic N) is 2. The Morgan fingerprint density at radius 3 is 2.67 bits per heavy atom. The second-order valence-electron chi connectivity index (χ2n) is 5.12. The van der Waals surface area contributed by atoms with E-state index in [4.69, 9.17) is 5.73 Å². The van der Waals surface area contributed by atoms with Crippen LogP contribution in [0.2, 0.25) is 0 Å². The predicted octanol–water partition coefficient (Wildman–Crippen LogP) is 3.77. The molecule has 0 radical (unpaired) electrons. The highest BCUT2D eigenvalue weighted by Crippen LogP contribution is 2.33. The molecule has 0 amide bonds. The Labute approximate surface area is 110 Å². The minimum atomic E-state index is 0.321. The highest BCUT2D eigenvalue weighted by molar-refractivity contribution is 5.53. The number of hydrogen-bond donors (Lipinski definition) is 1. The van der Waals surface area contributed by atoms with E-state index in [0.29, 0.717) is 23.2 Å². The second-order valence-corrected chi connectivity index (χ2v) is 5.12. The number of pyridine rings is 1. The molecule has 3 heteroatoms. The number of nitrogen functional groups attached to an aromatic ring is 1. The molecule has 0 spiro atoms. The molecule has 1 unspecified atom stereocenters. The van der Waals surface area contributed by atoms with Crippen molar-refractivity contribution in [3.05, 3.63) is 23.0 Å². The third-order valence-corrected chi connectivity index (χ3v) is 3.85. The second kappa shape index (κ2) is 6.39. The van der Waals surface area contributed by atoms with Gasteiger partial charge in [-0.25, -0.2) is 4.98 Å². The standard InChI is InChI=1S/C15H23N3/c1-5-6-7-10(2)11(3)15-12(4)13(17)9-18-14(15)8-16/h9-11H,5-7,17H2,1-4H3/t10-,11?/m0/s1. The smallest absolute Gasteiger partial charge is 0.144 e. The van der Waals surface area contributed by atoms with Gasteiger partial charge in [-0.2, -0.15) is 5.26 Å². The van der Waals surface area contributed by atoms with Crippen LogP contribution in [-0.2, 0) is 0 Å². The Morgan fingerprint density at radius 2 is 2.11 bits per heavy atom. The molecule has 0 bridgehead atoms. The molecular weight excluding hydrogens is 222 g/mol. The Kier molecular flexibility index (Phi) is 5.15. The van der Waals surface area contributed by atoms with Crippen molar-refractivity contribution in [2.24, 2.45) is 5.92 Å². The third-order valence-electron chi connectivity index (χ3n) is 3.85. The Bertz CT molecular complexity index is 446. The molecule has 0 aliphatic carbocycles. The molecule has 0 aliphatic heterocycles. The van der Waals surface area contributed by atoms with Crippen LogP contribution in [0.5, 0.6) is 0 Å². The molecule has 98 valence electrons.